The summed E-state index contributed by atoms with van der Waals surface area (Å²) in [7, 11) is 4.99. The minimum absolute atomic E-state index is 0.400. The third kappa shape index (κ3) is 5.15. The van der Waals surface area contributed by atoms with Gasteiger partial charge in [0.15, 0.2) is 17.5 Å². The molecule has 142 valence electrons. The highest BCUT2D eigenvalue weighted by Crippen LogP contribution is 2.29. The van der Waals surface area contributed by atoms with Crippen molar-refractivity contribution in [2.75, 3.05) is 33.1 Å². The molecule has 2 N–H and O–H groups in total. The standard InChI is InChI=1S/C19H29N5O2/c1-13(12-24-15(3)9-14(2)23-24)11-21-19(20-4)22-16-7-8-17(25-5)18(10-16)26-6/h7-10,13H,11-12H2,1-6H3,(H2,20,21,22). The minimum atomic E-state index is 0.400. The molecule has 0 aliphatic heterocycles. The molecular formula is C19H29N5O2. The number of anilines is 1. The number of ether oxygens (including phenoxy) is 2. The van der Waals surface area contributed by atoms with Gasteiger partial charge in [-0.3, -0.25) is 9.67 Å². The maximum atomic E-state index is 5.33. The smallest absolute Gasteiger partial charge is 0.195 e. The zero-order chi connectivity index (χ0) is 19.1. The number of hydrogen-bond donors (Lipinski definition) is 2. The molecule has 0 amide bonds. The number of nitrogens with zero attached hydrogens (tertiary/aromatic N) is 3. The first-order chi connectivity index (χ1) is 12.5. The average Bonchev–Trinajstić information content (AvgIpc) is 2.95. The van der Waals surface area contributed by atoms with E-state index in [9.17, 15) is 0 Å². The van der Waals surface area contributed by atoms with Gasteiger partial charge in [0.2, 0.25) is 0 Å². The Morgan fingerprint density at radius 2 is 1.92 bits per heavy atom. The van der Waals surface area contributed by atoms with E-state index in [0.29, 0.717) is 23.4 Å². The number of nitrogens with one attached hydrogen (secondary N) is 2. The van der Waals surface area contributed by atoms with Gasteiger partial charge in [-0.05, 0) is 38.0 Å². The first-order valence-corrected chi connectivity index (χ1v) is 8.67. The summed E-state index contributed by atoms with van der Waals surface area (Å²) >= 11 is 0. The fourth-order valence-electron chi connectivity index (χ4n) is 2.72. The molecule has 0 saturated heterocycles. The molecule has 0 fully saturated rings. The van der Waals surface area contributed by atoms with Crippen LogP contribution in [0.2, 0.25) is 0 Å². The molecule has 0 radical (unpaired) electrons. The van der Waals surface area contributed by atoms with Crippen LogP contribution in [0.15, 0.2) is 29.3 Å². The van der Waals surface area contributed by atoms with E-state index in [1.165, 1.54) is 5.69 Å². The van der Waals surface area contributed by atoms with Crippen molar-refractivity contribution >= 4 is 11.6 Å². The molecule has 0 aliphatic rings. The van der Waals surface area contributed by atoms with Gasteiger partial charge in [-0.2, -0.15) is 5.10 Å². The first-order valence-electron chi connectivity index (χ1n) is 8.67. The highest BCUT2D eigenvalue weighted by molar-refractivity contribution is 5.93. The molecule has 0 spiro atoms. The number of guanidine groups is 1. The van der Waals surface area contributed by atoms with Crippen molar-refractivity contribution in [3.05, 3.63) is 35.7 Å². The molecule has 0 aliphatic carbocycles. The van der Waals surface area contributed by atoms with Crippen LogP contribution in [0, 0.1) is 19.8 Å². The Hall–Kier alpha value is -2.70. The summed E-state index contributed by atoms with van der Waals surface area (Å²) in [4.78, 5) is 4.28. The number of benzene rings is 1. The molecule has 26 heavy (non-hydrogen) atoms. The highest BCUT2D eigenvalue weighted by Gasteiger charge is 2.10. The van der Waals surface area contributed by atoms with Crippen LogP contribution in [-0.4, -0.2) is 43.6 Å². The fraction of sp³-hybridized carbons (Fsp3) is 0.474. The normalized spacial score (nSPS) is 12.6. The quantitative estimate of drug-likeness (QED) is 0.587. The van der Waals surface area contributed by atoms with Gasteiger partial charge in [0, 0.05) is 37.6 Å². The van der Waals surface area contributed by atoms with Gasteiger partial charge in [-0.25, -0.2) is 0 Å². The molecule has 7 heteroatoms. The van der Waals surface area contributed by atoms with Gasteiger partial charge in [-0.1, -0.05) is 6.92 Å². The van der Waals surface area contributed by atoms with Crippen molar-refractivity contribution in [1.82, 2.24) is 15.1 Å². The largest absolute Gasteiger partial charge is 0.493 e. The predicted octanol–water partition coefficient (Wildman–Crippen LogP) is 2.84. The van der Waals surface area contributed by atoms with Crippen molar-refractivity contribution in [2.45, 2.75) is 27.3 Å². The van der Waals surface area contributed by atoms with Crippen molar-refractivity contribution in [1.29, 1.82) is 0 Å². The van der Waals surface area contributed by atoms with Crippen LogP contribution in [0.4, 0.5) is 5.69 Å². The monoisotopic (exact) mass is 359 g/mol. The van der Waals surface area contributed by atoms with Crippen LogP contribution in [0.3, 0.4) is 0 Å². The molecule has 1 atom stereocenters. The molecule has 0 bridgehead atoms. The maximum absolute atomic E-state index is 5.33. The van der Waals surface area contributed by atoms with Crippen LogP contribution in [0.1, 0.15) is 18.3 Å². The van der Waals surface area contributed by atoms with Crippen molar-refractivity contribution in [3.8, 4) is 11.5 Å². The SMILES string of the molecule is CN=C(NCC(C)Cn1nc(C)cc1C)Nc1ccc(OC)c(OC)c1. The summed E-state index contributed by atoms with van der Waals surface area (Å²) < 4.78 is 12.6. The molecule has 2 aromatic rings. The zero-order valence-electron chi connectivity index (χ0n) is 16.5. The molecule has 1 unspecified atom stereocenters. The third-order valence-corrected chi connectivity index (χ3v) is 4.08. The lowest BCUT2D eigenvalue weighted by Gasteiger charge is -2.17. The van der Waals surface area contributed by atoms with Crippen LogP contribution >= 0.6 is 0 Å². The zero-order valence-corrected chi connectivity index (χ0v) is 16.5. The van der Waals surface area contributed by atoms with Crippen molar-refractivity contribution in [3.63, 3.8) is 0 Å². The van der Waals surface area contributed by atoms with Crippen molar-refractivity contribution < 1.29 is 9.47 Å². The van der Waals surface area contributed by atoms with E-state index in [0.717, 1.165) is 24.5 Å². The average molecular weight is 359 g/mol. The van der Waals surface area contributed by atoms with E-state index in [1.54, 1.807) is 21.3 Å². The molecular weight excluding hydrogens is 330 g/mol. The lowest BCUT2D eigenvalue weighted by atomic mass is 10.2. The van der Waals surface area contributed by atoms with Crippen LogP contribution in [0.25, 0.3) is 0 Å². The van der Waals surface area contributed by atoms with E-state index in [1.807, 2.05) is 29.8 Å². The topological polar surface area (TPSA) is 72.7 Å². The number of methoxy groups -OCH3 is 2. The Labute approximate surface area is 155 Å². The molecule has 1 aromatic carbocycles. The van der Waals surface area contributed by atoms with Crippen LogP contribution < -0.4 is 20.1 Å². The fourth-order valence-corrected chi connectivity index (χ4v) is 2.72. The van der Waals surface area contributed by atoms with Crippen LogP contribution in [-0.2, 0) is 6.54 Å². The van der Waals surface area contributed by atoms with Crippen LogP contribution in [0.5, 0.6) is 11.5 Å². The number of hydrogen-bond acceptors (Lipinski definition) is 4. The summed E-state index contributed by atoms with van der Waals surface area (Å²) in [5.74, 6) is 2.47. The Morgan fingerprint density at radius 3 is 2.50 bits per heavy atom. The Morgan fingerprint density at radius 1 is 1.19 bits per heavy atom. The van der Waals surface area contributed by atoms with Gasteiger partial charge in [-0.15, -0.1) is 0 Å². The van der Waals surface area contributed by atoms with E-state index in [4.69, 9.17) is 9.47 Å². The summed E-state index contributed by atoms with van der Waals surface area (Å²) in [6.45, 7) is 7.93. The molecule has 0 saturated carbocycles. The Kier molecular flexibility index (Phi) is 6.89. The van der Waals surface area contributed by atoms with Gasteiger partial charge < -0.3 is 20.1 Å². The molecule has 1 heterocycles. The number of rotatable bonds is 7. The maximum Gasteiger partial charge on any atom is 0.195 e. The predicted molar refractivity (Wildman–Crippen MR) is 105 cm³/mol. The second-order valence-corrected chi connectivity index (χ2v) is 6.36. The molecule has 2 rings (SSSR count). The molecule has 7 nitrogen and oxygen atoms in total. The molecule has 1 aromatic heterocycles. The van der Waals surface area contributed by atoms with Gasteiger partial charge in [0.25, 0.3) is 0 Å². The van der Waals surface area contributed by atoms with Gasteiger partial charge in [0.1, 0.15) is 0 Å². The summed E-state index contributed by atoms with van der Waals surface area (Å²) in [6, 6.07) is 7.76. The van der Waals surface area contributed by atoms with Crippen molar-refractivity contribution in [2.24, 2.45) is 10.9 Å². The number of aryl methyl sites for hydroxylation is 2. The minimum Gasteiger partial charge on any atom is -0.493 e. The first kappa shape index (κ1) is 19.6. The summed E-state index contributed by atoms with van der Waals surface area (Å²) in [5, 5.41) is 11.1. The van der Waals surface area contributed by atoms with E-state index >= 15 is 0 Å². The van der Waals surface area contributed by atoms with Gasteiger partial charge in [0.05, 0.1) is 19.9 Å². The Balaban J connectivity index is 1.92. The van der Waals surface area contributed by atoms with E-state index in [-0.39, 0.29) is 0 Å². The third-order valence-electron chi connectivity index (χ3n) is 4.08. The lowest BCUT2D eigenvalue weighted by Crippen LogP contribution is -2.35. The van der Waals surface area contributed by atoms with E-state index < -0.39 is 0 Å². The number of aromatic nitrogens is 2. The Bertz CT molecular complexity index is 754. The lowest BCUT2D eigenvalue weighted by molar-refractivity contribution is 0.355. The second kappa shape index (κ2) is 9.12. The number of aliphatic imine (C=N–C) groups is 1. The van der Waals surface area contributed by atoms with Gasteiger partial charge >= 0.3 is 0 Å². The second-order valence-electron chi connectivity index (χ2n) is 6.36. The summed E-state index contributed by atoms with van der Waals surface area (Å²) in [5.41, 5.74) is 3.11. The highest BCUT2D eigenvalue weighted by atomic mass is 16.5. The summed E-state index contributed by atoms with van der Waals surface area (Å²) in [6.07, 6.45) is 0. The van der Waals surface area contributed by atoms with E-state index in [2.05, 4.69) is 40.6 Å².